The van der Waals surface area contributed by atoms with Gasteiger partial charge in [-0.05, 0) is 24.7 Å². The van der Waals surface area contributed by atoms with Crippen LogP contribution in [0.3, 0.4) is 0 Å². The molecule has 3 N–H and O–H groups in total. The van der Waals surface area contributed by atoms with Crippen LogP contribution in [0.1, 0.15) is 26.7 Å². The van der Waals surface area contributed by atoms with Gasteiger partial charge in [0.25, 0.3) is 0 Å². The van der Waals surface area contributed by atoms with Crippen LogP contribution in [0.2, 0.25) is 0 Å². The van der Waals surface area contributed by atoms with E-state index < -0.39 is 0 Å². The molecule has 4 heteroatoms. The van der Waals surface area contributed by atoms with Crippen LogP contribution in [-0.4, -0.2) is 31.2 Å². The van der Waals surface area contributed by atoms with Crippen molar-refractivity contribution in [3.8, 4) is 0 Å². The summed E-state index contributed by atoms with van der Waals surface area (Å²) in [4.78, 5) is 10.9. The predicted molar refractivity (Wildman–Crippen MR) is 59.7 cm³/mol. The van der Waals surface area contributed by atoms with Crippen LogP contribution >= 0.6 is 0 Å². The minimum absolute atomic E-state index is 0.0320. The van der Waals surface area contributed by atoms with Crippen molar-refractivity contribution in [3.63, 3.8) is 0 Å². The maximum absolute atomic E-state index is 10.9. The van der Waals surface area contributed by atoms with Gasteiger partial charge in [-0.15, -0.1) is 0 Å². The van der Waals surface area contributed by atoms with Crippen molar-refractivity contribution in [2.75, 3.05) is 13.1 Å². The number of amides is 2. The summed E-state index contributed by atoms with van der Waals surface area (Å²) in [7, 11) is 0. The van der Waals surface area contributed by atoms with Crippen molar-refractivity contribution < 1.29 is 4.79 Å². The molecule has 0 bridgehead atoms. The summed E-state index contributed by atoms with van der Waals surface area (Å²) in [5.41, 5.74) is 0. The van der Waals surface area contributed by atoms with Gasteiger partial charge in [0.2, 0.25) is 0 Å². The van der Waals surface area contributed by atoms with Gasteiger partial charge in [0.1, 0.15) is 0 Å². The highest BCUT2D eigenvalue weighted by Gasteiger charge is 2.31. The van der Waals surface area contributed by atoms with Crippen molar-refractivity contribution in [1.29, 1.82) is 0 Å². The van der Waals surface area contributed by atoms with Crippen LogP contribution in [0.25, 0.3) is 0 Å². The Kier molecular flexibility index (Phi) is 3.14. The molecule has 15 heavy (non-hydrogen) atoms. The lowest BCUT2D eigenvalue weighted by molar-refractivity contribution is 0.167. The monoisotopic (exact) mass is 211 g/mol. The average molecular weight is 211 g/mol. The van der Waals surface area contributed by atoms with Crippen molar-refractivity contribution in [2.45, 2.75) is 38.8 Å². The molecular weight excluding hydrogens is 190 g/mol. The third-order valence-corrected chi connectivity index (χ3v) is 3.61. The molecule has 4 nitrogen and oxygen atoms in total. The summed E-state index contributed by atoms with van der Waals surface area (Å²) in [5.74, 6) is 1.72. The van der Waals surface area contributed by atoms with E-state index >= 15 is 0 Å². The molecule has 0 spiro atoms. The fourth-order valence-corrected chi connectivity index (χ4v) is 2.31. The molecule has 0 aromatic heterocycles. The fourth-order valence-electron chi connectivity index (χ4n) is 2.31. The number of carbonyl (C=O) groups excluding carboxylic acids is 1. The van der Waals surface area contributed by atoms with Crippen molar-refractivity contribution in [2.24, 2.45) is 11.8 Å². The number of hydrogen-bond acceptors (Lipinski definition) is 2. The van der Waals surface area contributed by atoms with Gasteiger partial charge >= 0.3 is 6.03 Å². The molecule has 2 rings (SSSR count). The van der Waals surface area contributed by atoms with Crippen LogP contribution in [0.15, 0.2) is 0 Å². The van der Waals surface area contributed by atoms with Crippen LogP contribution in [0.5, 0.6) is 0 Å². The Labute approximate surface area is 91.2 Å². The van der Waals surface area contributed by atoms with E-state index in [9.17, 15) is 4.79 Å². The number of urea groups is 1. The van der Waals surface area contributed by atoms with Gasteiger partial charge in [-0.25, -0.2) is 4.79 Å². The van der Waals surface area contributed by atoms with Gasteiger partial charge in [-0.2, -0.15) is 0 Å². The van der Waals surface area contributed by atoms with Gasteiger partial charge in [0.15, 0.2) is 0 Å². The Balaban J connectivity index is 1.58. The van der Waals surface area contributed by atoms with E-state index in [4.69, 9.17) is 0 Å². The molecule has 1 heterocycles. The summed E-state index contributed by atoms with van der Waals surface area (Å²) >= 11 is 0. The fraction of sp³-hybridized carbons (Fsp3) is 0.909. The number of rotatable bonds is 4. The molecule has 2 fully saturated rings. The molecule has 1 atom stereocenters. The number of nitrogens with one attached hydrogen (secondary N) is 3. The standard InChI is InChI=1S/C11H21N3O/c1-7(2)8-3-9(4-8)12-5-10-6-13-11(15)14-10/h7-10,12H,3-6H2,1-2H3,(H2,13,14,15)/t8?,9?,10-/m1/s1. The van der Waals surface area contributed by atoms with Crippen LogP contribution in [0, 0.1) is 11.8 Å². The molecule has 2 aliphatic rings. The highest BCUT2D eigenvalue weighted by atomic mass is 16.2. The van der Waals surface area contributed by atoms with Crippen LogP contribution < -0.4 is 16.0 Å². The summed E-state index contributed by atoms with van der Waals surface area (Å²) in [5, 5.41) is 9.16. The zero-order chi connectivity index (χ0) is 10.8. The molecule has 0 aromatic rings. The Hall–Kier alpha value is -0.770. The molecule has 1 aliphatic carbocycles. The van der Waals surface area contributed by atoms with Gasteiger partial charge in [-0.1, -0.05) is 13.8 Å². The Morgan fingerprint density at radius 2 is 2.20 bits per heavy atom. The lowest BCUT2D eigenvalue weighted by Crippen LogP contribution is -2.48. The minimum atomic E-state index is -0.0320. The van der Waals surface area contributed by atoms with Crippen LogP contribution in [0.4, 0.5) is 4.79 Å². The van der Waals surface area contributed by atoms with Gasteiger partial charge in [0.05, 0.1) is 6.04 Å². The normalized spacial score (nSPS) is 34.9. The number of carbonyl (C=O) groups is 1. The van der Waals surface area contributed by atoms with E-state index in [0.29, 0.717) is 6.04 Å². The largest absolute Gasteiger partial charge is 0.336 e. The summed E-state index contributed by atoms with van der Waals surface area (Å²) in [6, 6.07) is 0.918. The van der Waals surface area contributed by atoms with E-state index in [-0.39, 0.29) is 12.1 Å². The molecule has 0 unspecified atom stereocenters. The number of hydrogen-bond donors (Lipinski definition) is 3. The zero-order valence-electron chi connectivity index (χ0n) is 9.55. The van der Waals surface area contributed by atoms with Crippen molar-refractivity contribution in [1.82, 2.24) is 16.0 Å². The second kappa shape index (κ2) is 4.39. The first-order valence-electron chi connectivity index (χ1n) is 5.93. The topological polar surface area (TPSA) is 53.2 Å². The first-order valence-corrected chi connectivity index (χ1v) is 5.93. The molecule has 2 amide bonds. The van der Waals surface area contributed by atoms with E-state index in [0.717, 1.165) is 24.9 Å². The van der Waals surface area contributed by atoms with Gasteiger partial charge in [-0.3, -0.25) is 0 Å². The second-order valence-electron chi connectivity index (χ2n) is 5.13. The highest BCUT2D eigenvalue weighted by molar-refractivity contribution is 5.76. The lowest BCUT2D eigenvalue weighted by atomic mass is 9.73. The minimum Gasteiger partial charge on any atom is -0.336 e. The van der Waals surface area contributed by atoms with E-state index in [2.05, 4.69) is 29.8 Å². The molecule has 0 radical (unpaired) electrons. The third kappa shape index (κ3) is 2.62. The van der Waals surface area contributed by atoms with E-state index in [1.165, 1.54) is 12.8 Å². The quantitative estimate of drug-likeness (QED) is 0.641. The average Bonchev–Trinajstić information content (AvgIpc) is 2.48. The summed E-state index contributed by atoms with van der Waals surface area (Å²) < 4.78 is 0. The van der Waals surface area contributed by atoms with Crippen molar-refractivity contribution >= 4 is 6.03 Å². The Bertz CT molecular complexity index is 236. The first kappa shape index (κ1) is 10.7. The molecule has 1 saturated carbocycles. The smallest absolute Gasteiger partial charge is 0.315 e. The summed E-state index contributed by atoms with van der Waals surface area (Å²) in [6.07, 6.45) is 2.59. The van der Waals surface area contributed by atoms with Crippen molar-refractivity contribution in [3.05, 3.63) is 0 Å². The molecule has 1 aliphatic heterocycles. The molecule has 86 valence electrons. The molecule has 1 saturated heterocycles. The second-order valence-corrected chi connectivity index (χ2v) is 5.13. The third-order valence-electron chi connectivity index (χ3n) is 3.61. The van der Waals surface area contributed by atoms with Crippen LogP contribution in [-0.2, 0) is 0 Å². The maximum atomic E-state index is 10.9. The SMILES string of the molecule is CC(C)C1CC(NC[C@@H]2CNC(=O)N2)C1. The molecular formula is C11H21N3O. The van der Waals surface area contributed by atoms with Gasteiger partial charge < -0.3 is 16.0 Å². The molecule has 0 aromatic carbocycles. The predicted octanol–water partition coefficient (Wildman–Crippen LogP) is 0.692. The zero-order valence-corrected chi connectivity index (χ0v) is 9.55. The maximum Gasteiger partial charge on any atom is 0.315 e. The van der Waals surface area contributed by atoms with E-state index in [1.54, 1.807) is 0 Å². The van der Waals surface area contributed by atoms with E-state index in [1.807, 2.05) is 0 Å². The Morgan fingerprint density at radius 3 is 2.73 bits per heavy atom. The van der Waals surface area contributed by atoms with Gasteiger partial charge in [0, 0.05) is 19.1 Å². The lowest BCUT2D eigenvalue weighted by Gasteiger charge is -2.39. The summed E-state index contributed by atoms with van der Waals surface area (Å²) in [6.45, 7) is 6.24. The highest BCUT2D eigenvalue weighted by Crippen LogP contribution is 2.33. The Morgan fingerprint density at radius 1 is 1.47 bits per heavy atom. The first-order chi connectivity index (χ1) is 7.15.